The summed E-state index contributed by atoms with van der Waals surface area (Å²) in [5.74, 6) is -0.677. The van der Waals surface area contributed by atoms with Crippen molar-refractivity contribution in [3.63, 3.8) is 0 Å². The number of nitrogens with zero attached hydrogens (tertiary/aromatic N) is 2. The van der Waals surface area contributed by atoms with Crippen LogP contribution < -0.4 is 10.1 Å². The van der Waals surface area contributed by atoms with E-state index < -0.39 is 12.6 Å². The predicted octanol–water partition coefficient (Wildman–Crippen LogP) is 3.26. The Kier molecular flexibility index (Phi) is 5.05. The molecular weight excluding hydrogens is 320 g/mol. The van der Waals surface area contributed by atoms with E-state index in [2.05, 4.69) is 25.0 Å². The molecule has 1 aromatic carbocycles. The lowest BCUT2D eigenvalue weighted by Crippen LogP contribution is -2.09. The van der Waals surface area contributed by atoms with Crippen molar-refractivity contribution >= 4 is 28.9 Å². The first-order chi connectivity index (χ1) is 10.5. The molecular formula is C13H10ClF2N3O3. The van der Waals surface area contributed by atoms with Gasteiger partial charge in [0.2, 0.25) is 0 Å². The molecule has 0 unspecified atom stereocenters. The molecule has 0 aliphatic rings. The van der Waals surface area contributed by atoms with Gasteiger partial charge in [-0.05, 0) is 24.3 Å². The van der Waals surface area contributed by atoms with Gasteiger partial charge in [0.25, 0.3) is 0 Å². The van der Waals surface area contributed by atoms with Crippen molar-refractivity contribution in [1.29, 1.82) is 0 Å². The van der Waals surface area contributed by atoms with Gasteiger partial charge in [-0.3, -0.25) is 0 Å². The summed E-state index contributed by atoms with van der Waals surface area (Å²) in [7, 11) is 1.21. The van der Waals surface area contributed by atoms with Crippen LogP contribution in [0.3, 0.4) is 0 Å². The zero-order valence-electron chi connectivity index (χ0n) is 11.2. The van der Waals surface area contributed by atoms with Crippen LogP contribution in [0, 0.1) is 0 Å². The molecule has 116 valence electrons. The van der Waals surface area contributed by atoms with Gasteiger partial charge >= 0.3 is 12.6 Å². The van der Waals surface area contributed by atoms with Crippen molar-refractivity contribution in [2.45, 2.75) is 6.61 Å². The molecule has 1 aromatic heterocycles. The molecule has 1 N–H and O–H groups in total. The minimum absolute atomic E-state index is 0.0135. The monoisotopic (exact) mass is 329 g/mol. The van der Waals surface area contributed by atoms with Crippen molar-refractivity contribution in [2.24, 2.45) is 0 Å². The van der Waals surface area contributed by atoms with Crippen LogP contribution in [0.4, 0.5) is 20.2 Å². The molecule has 0 saturated carbocycles. The van der Waals surface area contributed by atoms with Gasteiger partial charge in [-0.2, -0.15) is 8.78 Å². The Balaban J connectivity index is 2.23. The predicted molar refractivity (Wildman–Crippen MR) is 74.7 cm³/mol. The summed E-state index contributed by atoms with van der Waals surface area (Å²) in [6.07, 6.45) is 0. The second-order valence-electron chi connectivity index (χ2n) is 3.95. The van der Waals surface area contributed by atoms with E-state index in [1.165, 1.54) is 37.4 Å². The molecule has 0 aliphatic carbocycles. The lowest BCUT2D eigenvalue weighted by molar-refractivity contribution is -0.0498. The van der Waals surface area contributed by atoms with Crippen LogP contribution in [0.15, 0.2) is 30.3 Å². The third-order valence-corrected chi connectivity index (χ3v) is 2.69. The maximum Gasteiger partial charge on any atom is 0.387 e. The second-order valence-corrected chi connectivity index (χ2v) is 4.34. The maximum atomic E-state index is 12.1. The third kappa shape index (κ3) is 4.01. The Morgan fingerprint density at radius 2 is 1.95 bits per heavy atom. The SMILES string of the molecule is COC(=O)c1nnc(Cl)cc1Nc1ccc(OC(F)F)cc1. The maximum absolute atomic E-state index is 12.1. The lowest BCUT2D eigenvalue weighted by Gasteiger charge is -2.10. The smallest absolute Gasteiger partial charge is 0.387 e. The minimum atomic E-state index is -2.90. The number of carbonyl (C=O) groups excluding carboxylic acids is 1. The number of anilines is 2. The third-order valence-electron chi connectivity index (χ3n) is 2.50. The highest BCUT2D eigenvalue weighted by Crippen LogP contribution is 2.24. The van der Waals surface area contributed by atoms with Crippen LogP contribution in [0.1, 0.15) is 10.5 Å². The Labute approximate surface area is 129 Å². The quantitative estimate of drug-likeness (QED) is 0.849. The van der Waals surface area contributed by atoms with E-state index in [-0.39, 0.29) is 22.3 Å². The summed E-state index contributed by atoms with van der Waals surface area (Å²) in [4.78, 5) is 11.6. The van der Waals surface area contributed by atoms with Crippen LogP contribution in [0.25, 0.3) is 0 Å². The topological polar surface area (TPSA) is 73.3 Å². The largest absolute Gasteiger partial charge is 0.464 e. The molecule has 0 aliphatic heterocycles. The molecule has 0 bridgehead atoms. The highest BCUT2D eigenvalue weighted by Gasteiger charge is 2.16. The van der Waals surface area contributed by atoms with Crippen molar-refractivity contribution in [2.75, 3.05) is 12.4 Å². The lowest BCUT2D eigenvalue weighted by atomic mass is 10.2. The van der Waals surface area contributed by atoms with Crippen LogP contribution in [0.5, 0.6) is 5.75 Å². The van der Waals surface area contributed by atoms with Gasteiger partial charge in [-0.1, -0.05) is 11.6 Å². The van der Waals surface area contributed by atoms with E-state index in [9.17, 15) is 13.6 Å². The van der Waals surface area contributed by atoms with Crippen molar-refractivity contribution in [3.05, 3.63) is 41.2 Å². The number of aromatic nitrogens is 2. The van der Waals surface area contributed by atoms with Gasteiger partial charge < -0.3 is 14.8 Å². The normalized spacial score (nSPS) is 10.4. The van der Waals surface area contributed by atoms with Crippen LogP contribution in [-0.4, -0.2) is 29.9 Å². The molecule has 0 saturated heterocycles. The molecule has 0 atom stereocenters. The number of benzene rings is 1. The number of hydrogen-bond donors (Lipinski definition) is 1. The number of ether oxygens (including phenoxy) is 2. The van der Waals surface area contributed by atoms with Gasteiger partial charge in [0.1, 0.15) is 5.75 Å². The van der Waals surface area contributed by atoms with Gasteiger partial charge in [-0.25, -0.2) is 4.79 Å². The number of rotatable bonds is 5. The fraction of sp³-hybridized carbons (Fsp3) is 0.154. The summed E-state index contributed by atoms with van der Waals surface area (Å²) in [5, 5.41) is 10.2. The first kappa shape index (κ1) is 15.9. The van der Waals surface area contributed by atoms with Crippen LogP contribution >= 0.6 is 11.6 Å². The van der Waals surface area contributed by atoms with Crippen molar-refractivity contribution in [1.82, 2.24) is 10.2 Å². The average molecular weight is 330 g/mol. The number of carbonyl (C=O) groups is 1. The van der Waals surface area contributed by atoms with E-state index in [1.54, 1.807) is 0 Å². The number of halogens is 3. The van der Waals surface area contributed by atoms with Gasteiger partial charge in [0, 0.05) is 11.8 Å². The molecule has 1 heterocycles. The zero-order valence-corrected chi connectivity index (χ0v) is 12.0. The molecule has 0 radical (unpaired) electrons. The van der Waals surface area contributed by atoms with Crippen molar-refractivity contribution < 1.29 is 23.0 Å². The zero-order chi connectivity index (χ0) is 16.1. The number of esters is 1. The average Bonchev–Trinajstić information content (AvgIpc) is 2.48. The molecule has 0 spiro atoms. The number of alkyl halides is 2. The Morgan fingerprint density at radius 3 is 2.55 bits per heavy atom. The number of nitrogens with one attached hydrogen (secondary N) is 1. The highest BCUT2D eigenvalue weighted by atomic mass is 35.5. The molecule has 2 aromatic rings. The van der Waals surface area contributed by atoms with Gasteiger partial charge in [0.15, 0.2) is 10.8 Å². The number of hydrogen-bond acceptors (Lipinski definition) is 6. The molecule has 0 fully saturated rings. The first-order valence-electron chi connectivity index (χ1n) is 5.93. The Bertz CT molecular complexity index is 668. The molecule has 9 heteroatoms. The standard InChI is InChI=1S/C13H10ClF2N3O3/c1-21-12(20)11-9(6-10(14)18-19-11)17-7-2-4-8(5-3-7)22-13(15)16/h2-6,13H,1H3,(H,17,18). The fourth-order valence-electron chi connectivity index (χ4n) is 1.59. The summed E-state index contributed by atoms with van der Waals surface area (Å²) >= 11 is 5.74. The van der Waals surface area contributed by atoms with E-state index in [0.717, 1.165) is 0 Å². The van der Waals surface area contributed by atoms with E-state index in [0.29, 0.717) is 5.69 Å². The first-order valence-corrected chi connectivity index (χ1v) is 6.31. The Morgan fingerprint density at radius 1 is 1.27 bits per heavy atom. The van der Waals surface area contributed by atoms with Crippen LogP contribution in [-0.2, 0) is 4.74 Å². The molecule has 2 rings (SSSR count). The van der Waals surface area contributed by atoms with Crippen LogP contribution in [0.2, 0.25) is 5.15 Å². The molecule has 0 amide bonds. The summed E-state index contributed by atoms with van der Waals surface area (Å²) in [5.41, 5.74) is 0.727. The molecule has 22 heavy (non-hydrogen) atoms. The Hall–Kier alpha value is -2.48. The fourth-order valence-corrected chi connectivity index (χ4v) is 1.73. The summed E-state index contributed by atoms with van der Waals surface area (Å²) < 4.78 is 33.0. The molecule has 6 nitrogen and oxygen atoms in total. The number of methoxy groups -OCH3 is 1. The van der Waals surface area contributed by atoms with Gasteiger partial charge in [-0.15, -0.1) is 10.2 Å². The van der Waals surface area contributed by atoms with E-state index >= 15 is 0 Å². The second kappa shape index (κ2) is 6.99. The van der Waals surface area contributed by atoms with Gasteiger partial charge in [0.05, 0.1) is 12.8 Å². The summed E-state index contributed by atoms with van der Waals surface area (Å²) in [6, 6.07) is 7.08. The highest BCUT2D eigenvalue weighted by molar-refractivity contribution is 6.29. The van der Waals surface area contributed by atoms with E-state index in [4.69, 9.17) is 11.6 Å². The van der Waals surface area contributed by atoms with E-state index in [1.807, 2.05) is 0 Å². The minimum Gasteiger partial charge on any atom is -0.464 e. The van der Waals surface area contributed by atoms with Crippen molar-refractivity contribution in [3.8, 4) is 5.75 Å². The summed E-state index contributed by atoms with van der Waals surface area (Å²) in [6.45, 7) is -2.90.